The molecule has 0 fully saturated rings. The Bertz CT molecular complexity index is 760. The third-order valence-electron chi connectivity index (χ3n) is 3.37. The number of carbonyl (C=O) groups is 1. The quantitative estimate of drug-likeness (QED) is 0.847. The van der Waals surface area contributed by atoms with Gasteiger partial charge in [0.2, 0.25) is 0 Å². The summed E-state index contributed by atoms with van der Waals surface area (Å²) in [6.45, 7) is 3.85. The lowest BCUT2D eigenvalue weighted by atomic mass is 9.94. The molecular formula is C16H13ClO3. The molecule has 1 N–H and O–H groups in total. The zero-order valence-electron chi connectivity index (χ0n) is 11.1. The summed E-state index contributed by atoms with van der Waals surface area (Å²) in [4.78, 5) is 11.5. The van der Waals surface area contributed by atoms with Crippen LogP contribution in [0.25, 0.3) is 16.8 Å². The molecule has 1 aliphatic heterocycles. The van der Waals surface area contributed by atoms with Gasteiger partial charge in [-0.05, 0) is 32.1 Å². The Morgan fingerprint density at radius 3 is 2.75 bits per heavy atom. The fraction of sp³-hybridized carbons (Fsp3) is 0.188. The molecule has 2 aromatic rings. The Labute approximate surface area is 121 Å². The van der Waals surface area contributed by atoms with Gasteiger partial charge in [-0.2, -0.15) is 0 Å². The fourth-order valence-corrected chi connectivity index (χ4v) is 2.63. The Balaban J connectivity index is 2.44. The van der Waals surface area contributed by atoms with Crippen LogP contribution in [0.15, 0.2) is 30.3 Å². The number of halogens is 1. The van der Waals surface area contributed by atoms with E-state index in [9.17, 15) is 9.90 Å². The summed E-state index contributed by atoms with van der Waals surface area (Å²) in [5.41, 5.74) is 0.318. The summed E-state index contributed by atoms with van der Waals surface area (Å²) in [7, 11) is 0. The zero-order chi connectivity index (χ0) is 14.5. The van der Waals surface area contributed by atoms with Gasteiger partial charge in [-0.25, -0.2) is 4.79 Å². The van der Waals surface area contributed by atoms with E-state index in [1.54, 1.807) is 12.1 Å². The van der Waals surface area contributed by atoms with Crippen LogP contribution in [0.3, 0.4) is 0 Å². The van der Waals surface area contributed by atoms with Crippen molar-refractivity contribution in [3.63, 3.8) is 0 Å². The summed E-state index contributed by atoms with van der Waals surface area (Å²) < 4.78 is 5.97. The number of benzene rings is 2. The molecule has 0 saturated carbocycles. The third-order valence-corrected chi connectivity index (χ3v) is 3.70. The highest BCUT2D eigenvalue weighted by Crippen LogP contribution is 2.41. The van der Waals surface area contributed by atoms with Crippen molar-refractivity contribution in [1.82, 2.24) is 0 Å². The van der Waals surface area contributed by atoms with Crippen molar-refractivity contribution >= 4 is 34.4 Å². The molecule has 0 bridgehead atoms. The molecule has 0 radical (unpaired) electrons. The molecule has 1 aliphatic rings. The summed E-state index contributed by atoms with van der Waals surface area (Å²) >= 11 is 6.18. The predicted octanol–water partition coefficient (Wildman–Crippen LogP) is 4.38. The standard InChI is InChI=1S/C16H13ClO3/c1-16(2)7-6-10-12(15(18)19)8-11-9(14(10)20-16)4-3-5-13(11)17/h3-8H,1-2H3,(H,18,19). The molecule has 0 atom stereocenters. The minimum absolute atomic E-state index is 0.201. The molecule has 2 aromatic carbocycles. The molecule has 102 valence electrons. The van der Waals surface area contributed by atoms with Gasteiger partial charge in [-0.1, -0.05) is 29.8 Å². The molecule has 0 spiro atoms. The first-order valence-electron chi connectivity index (χ1n) is 6.26. The van der Waals surface area contributed by atoms with Crippen molar-refractivity contribution in [3.8, 4) is 5.75 Å². The normalized spacial score (nSPS) is 15.8. The minimum atomic E-state index is -0.990. The average Bonchev–Trinajstić information content (AvgIpc) is 2.37. The Morgan fingerprint density at radius 1 is 1.30 bits per heavy atom. The molecular weight excluding hydrogens is 276 g/mol. The maximum absolute atomic E-state index is 11.5. The van der Waals surface area contributed by atoms with Crippen LogP contribution in [-0.4, -0.2) is 16.7 Å². The number of ether oxygens (including phenoxy) is 1. The highest BCUT2D eigenvalue weighted by atomic mass is 35.5. The van der Waals surface area contributed by atoms with Gasteiger partial charge in [0.1, 0.15) is 11.4 Å². The maximum Gasteiger partial charge on any atom is 0.336 e. The number of rotatable bonds is 1. The van der Waals surface area contributed by atoms with Crippen molar-refractivity contribution < 1.29 is 14.6 Å². The number of aromatic carboxylic acids is 1. The van der Waals surface area contributed by atoms with Gasteiger partial charge in [-0.15, -0.1) is 0 Å². The third kappa shape index (κ3) is 1.95. The highest BCUT2D eigenvalue weighted by molar-refractivity contribution is 6.36. The maximum atomic E-state index is 11.5. The molecule has 20 heavy (non-hydrogen) atoms. The van der Waals surface area contributed by atoms with Crippen LogP contribution >= 0.6 is 11.6 Å². The Kier molecular flexibility index (Phi) is 2.76. The van der Waals surface area contributed by atoms with Gasteiger partial charge >= 0.3 is 5.97 Å². The number of hydrogen-bond acceptors (Lipinski definition) is 2. The molecule has 1 heterocycles. The lowest BCUT2D eigenvalue weighted by Crippen LogP contribution is -2.28. The second kappa shape index (κ2) is 4.25. The number of hydrogen-bond donors (Lipinski definition) is 1. The van der Waals surface area contributed by atoms with Crippen LogP contribution in [0.4, 0.5) is 0 Å². The van der Waals surface area contributed by atoms with Crippen molar-refractivity contribution in [3.05, 3.63) is 46.5 Å². The smallest absolute Gasteiger partial charge is 0.336 e. The van der Waals surface area contributed by atoms with Gasteiger partial charge in [0.15, 0.2) is 0 Å². The largest absolute Gasteiger partial charge is 0.482 e. The van der Waals surface area contributed by atoms with Gasteiger partial charge in [0, 0.05) is 21.4 Å². The van der Waals surface area contributed by atoms with Crippen LogP contribution in [-0.2, 0) is 0 Å². The number of carboxylic acids is 1. The number of fused-ring (bicyclic) bond motifs is 3. The molecule has 3 rings (SSSR count). The second-order valence-corrected chi connectivity index (χ2v) is 5.75. The topological polar surface area (TPSA) is 46.5 Å². The zero-order valence-corrected chi connectivity index (χ0v) is 11.9. The minimum Gasteiger partial charge on any atom is -0.482 e. The fourth-order valence-electron chi connectivity index (χ4n) is 2.40. The summed E-state index contributed by atoms with van der Waals surface area (Å²) in [6, 6.07) is 7.07. The van der Waals surface area contributed by atoms with Crippen molar-refractivity contribution in [2.45, 2.75) is 19.4 Å². The number of carboxylic acid groups (broad SMARTS) is 1. The van der Waals surface area contributed by atoms with Crippen molar-refractivity contribution in [2.24, 2.45) is 0 Å². The average molecular weight is 289 g/mol. The van der Waals surface area contributed by atoms with E-state index in [0.717, 1.165) is 5.39 Å². The first kappa shape index (κ1) is 13.0. The summed E-state index contributed by atoms with van der Waals surface area (Å²) in [6.07, 6.45) is 3.67. The summed E-state index contributed by atoms with van der Waals surface area (Å²) in [5.74, 6) is -0.411. The molecule has 3 nitrogen and oxygen atoms in total. The van der Waals surface area contributed by atoms with E-state index >= 15 is 0 Å². The molecule has 0 aromatic heterocycles. The Morgan fingerprint density at radius 2 is 2.05 bits per heavy atom. The monoisotopic (exact) mass is 288 g/mol. The lowest BCUT2D eigenvalue weighted by Gasteiger charge is -2.29. The van der Waals surface area contributed by atoms with Crippen molar-refractivity contribution in [1.29, 1.82) is 0 Å². The highest BCUT2D eigenvalue weighted by Gasteiger charge is 2.27. The van der Waals surface area contributed by atoms with Crippen LogP contribution in [0.2, 0.25) is 5.02 Å². The van der Waals surface area contributed by atoms with Gasteiger partial charge in [0.05, 0.1) is 5.56 Å². The molecule has 0 aliphatic carbocycles. The van der Waals surface area contributed by atoms with Gasteiger partial charge in [-0.3, -0.25) is 0 Å². The van der Waals surface area contributed by atoms with Gasteiger partial charge in [0.25, 0.3) is 0 Å². The second-order valence-electron chi connectivity index (χ2n) is 5.35. The van der Waals surface area contributed by atoms with Gasteiger partial charge < -0.3 is 9.84 Å². The molecule has 0 amide bonds. The van der Waals surface area contributed by atoms with Crippen LogP contribution < -0.4 is 4.74 Å². The Hall–Kier alpha value is -2.00. The van der Waals surface area contributed by atoms with Crippen molar-refractivity contribution in [2.75, 3.05) is 0 Å². The van der Waals surface area contributed by atoms with E-state index in [4.69, 9.17) is 16.3 Å². The summed E-state index contributed by atoms with van der Waals surface area (Å²) in [5, 5.41) is 11.4. The van der Waals surface area contributed by atoms with Crippen LogP contribution in [0, 0.1) is 0 Å². The SMILES string of the molecule is CC1(C)C=Cc2c(C(=O)O)cc3c(Cl)cccc3c2O1. The first-order valence-corrected chi connectivity index (χ1v) is 6.63. The molecule has 0 unspecified atom stereocenters. The molecule has 0 saturated heterocycles. The predicted molar refractivity (Wildman–Crippen MR) is 79.7 cm³/mol. The molecule has 4 heteroatoms. The van der Waals surface area contributed by atoms with E-state index in [1.165, 1.54) is 0 Å². The van der Waals surface area contributed by atoms with E-state index in [0.29, 0.717) is 21.7 Å². The van der Waals surface area contributed by atoms with E-state index in [2.05, 4.69) is 0 Å². The van der Waals surface area contributed by atoms with E-state index in [-0.39, 0.29) is 5.56 Å². The first-order chi connectivity index (χ1) is 9.39. The van der Waals surface area contributed by atoms with Crippen LogP contribution in [0.1, 0.15) is 29.8 Å². The van der Waals surface area contributed by atoms with E-state index in [1.807, 2.05) is 38.1 Å². The lowest BCUT2D eigenvalue weighted by molar-refractivity contribution is 0.0695. The van der Waals surface area contributed by atoms with Crippen LogP contribution in [0.5, 0.6) is 5.75 Å². The van der Waals surface area contributed by atoms with E-state index < -0.39 is 11.6 Å².